The van der Waals surface area contributed by atoms with Crippen molar-refractivity contribution in [3.8, 4) is 0 Å². The van der Waals surface area contributed by atoms with Gasteiger partial charge in [0.25, 0.3) is 0 Å². The van der Waals surface area contributed by atoms with Gasteiger partial charge >= 0.3 is 0 Å². The van der Waals surface area contributed by atoms with Gasteiger partial charge in [0.15, 0.2) is 9.84 Å². The van der Waals surface area contributed by atoms with E-state index < -0.39 is 9.84 Å². The van der Waals surface area contributed by atoms with Gasteiger partial charge in [-0.05, 0) is 17.7 Å². The summed E-state index contributed by atoms with van der Waals surface area (Å²) < 4.78 is 35.1. The second-order valence-corrected chi connectivity index (χ2v) is 5.47. The average molecular weight is 237 g/mol. The molecule has 1 aromatic rings. The highest BCUT2D eigenvalue weighted by Gasteiger charge is 2.10. The lowest BCUT2D eigenvalue weighted by atomic mass is 10.2. The van der Waals surface area contributed by atoms with Crippen molar-refractivity contribution in [2.24, 2.45) is 0 Å². The highest BCUT2D eigenvalue weighted by Crippen LogP contribution is 2.08. The van der Waals surface area contributed by atoms with E-state index in [0.717, 1.165) is 0 Å². The van der Waals surface area contributed by atoms with E-state index in [1.54, 1.807) is 0 Å². The van der Waals surface area contributed by atoms with Gasteiger partial charge in [0.2, 0.25) is 0 Å². The molecular weight excluding hydrogens is 227 g/mol. The molecule has 0 saturated carbocycles. The van der Waals surface area contributed by atoms with E-state index in [-0.39, 0.29) is 23.2 Å². The summed E-state index contributed by atoms with van der Waals surface area (Å²) in [6.45, 7) is 0. The number of alkyl halides is 1. The van der Waals surface area contributed by atoms with Crippen molar-refractivity contribution in [2.75, 3.05) is 11.6 Å². The standard InChI is InChI=1S/C9H10ClFO2S/c10-5-6-14(12,13)7-8-1-3-9(11)4-2-8/h1-4H,5-7H2. The fourth-order valence-corrected chi connectivity index (χ4v) is 2.81. The number of rotatable bonds is 4. The van der Waals surface area contributed by atoms with Crippen molar-refractivity contribution in [1.82, 2.24) is 0 Å². The molecule has 14 heavy (non-hydrogen) atoms. The lowest BCUT2D eigenvalue weighted by Crippen LogP contribution is -2.10. The van der Waals surface area contributed by atoms with Gasteiger partial charge < -0.3 is 0 Å². The first kappa shape index (κ1) is 11.5. The molecule has 0 bridgehead atoms. The third-order valence-corrected chi connectivity index (χ3v) is 3.70. The summed E-state index contributed by atoms with van der Waals surface area (Å²) in [4.78, 5) is 0. The van der Waals surface area contributed by atoms with Crippen molar-refractivity contribution in [2.45, 2.75) is 5.75 Å². The summed E-state index contributed by atoms with van der Waals surface area (Å²) in [5, 5.41) is 0. The van der Waals surface area contributed by atoms with Gasteiger partial charge in [-0.2, -0.15) is 0 Å². The topological polar surface area (TPSA) is 34.1 Å². The van der Waals surface area contributed by atoms with E-state index in [4.69, 9.17) is 11.6 Å². The van der Waals surface area contributed by atoms with Crippen LogP contribution in [0.2, 0.25) is 0 Å². The van der Waals surface area contributed by atoms with Crippen LogP contribution in [0.1, 0.15) is 5.56 Å². The molecule has 0 aliphatic carbocycles. The first-order valence-corrected chi connectivity index (χ1v) is 6.40. The molecule has 0 spiro atoms. The summed E-state index contributed by atoms with van der Waals surface area (Å²) in [6.07, 6.45) is 0. The predicted molar refractivity (Wildman–Crippen MR) is 54.6 cm³/mol. The summed E-state index contributed by atoms with van der Waals surface area (Å²) >= 11 is 5.34. The van der Waals surface area contributed by atoms with Crippen LogP contribution < -0.4 is 0 Å². The maximum atomic E-state index is 12.5. The summed E-state index contributed by atoms with van der Waals surface area (Å²) in [5.74, 6) is -0.418. The molecule has 5 heteroatoms. The quantitative estimate of drug-likeness (QED) is 0.750. The fraction of sp³-hybridized carbons (Fsp3) is 0.333. The summed E-state index contributed by atoms with van der Waals surface area (Å²) in [7, 11) is -3.15. The minimum absolute atomic E-state index is 0.0497. The van der Waals surface area contributed by atoms with Crippen LogP contribution in [0.3, 0.4) is 0 Å². The summed E-state index contributed by atoms with van der Waals surface area (Å²) in [6, 6.07) is 5.40. The van der Waals surface area contributed by atoms with E-state index in [0.29, 0.717) is 5.56 Å². The monoisotopic (exact) mass is 236 g/mol. The molecule has 0 radical (unpaired) electrons. The number of hydrogen-bond acceptors (Lipinski definition) is 2. The van der Waals surface area contributed by atoms with Crippen LogP contribution in [-0.2, 0) is 15.6 Å². The zero-order chi connectivity index (χ0) is 10.6. The molecule has 1 rings (SSSR count). The molecule has 0 aliphatic heterocycles. The van der Waals surface area contributed by atoms with E-state index in [1.807, 2.05) is 0 Å². The van der Waals surface area contributed by atoms with Gasteiger partial charge in [-0.3, -0.25) is 0 Å². The highest BCUT2D eigenvalue weighted by molar-refractivity contribution is 7.90. The normalized spacial score (nSPS) is 11.6. The third kappa shape index (κ3) is 3.64. The zero-order valence-electron chi connectivity index (χ0n) is 7.41. The van der Waals surface area contributed by atoms with Crippen molar-refractivity contribution < 1.29 is 12.8 Å². The molecule has 0 N–H and O–H groups in total. The number of benzene rings is 1. The second kappa shape index (κ2) is 4.75. The van der Waals surface area contributed by atoms with Gasteiger partial charge in [-0.15, -0.1) is 11.6 Å². The molecule has 78 valence electrons. The van der Waals surface area contributed by atoms with Crippen molar-refractivity contribution >= 4 is 21.4 Å². The maximum Gasteiger partial charge on any atom is 0.155 e. The van der Waals surface area contributed by atoms with E-state index in [2.05, 4.69) is 0 Å². The Kier molecular flexibility index (Phi) is 3.89. The van der Waals surface area contributed by atoms with Crippen molar-refractivity contribution in [3.05, 3.63) is 35.6 Å². The Balaban J connectivity index is 2.74. The molecule has 0 fully saturated rings. The predicted octanol–water partition coefficient (Wildman–Crippen LogP) is 1.98. The molecule has 0 aliphatic rings. The highest BCUT2D eigenvalue weighted by atomic mass is 35.5. The Morgan fingerprint density at radius 1 is 1.21 bits per heavy atom. The molecule has 0 aromatic heterocycles. The zero-order valence-corrected chi connectivity index (χ0v) is 8.98. The molecular formula is C9H10ClFO2S. The van der Waals surface area contributed by atoms with Gasteiger partial charge in [0, 0.05) is 5.88 Å². The van der Waals surface area contributed by atoms with E-state index in [1.165, 1.54) is 24.3 Å². The van der Waals surface area contributed by atoms with Crippen LogP contribution in [0.25, 0.3) is 0 Å². The largest absolute Gasteiger partial charge is 0.228 e. The molecule has 0 unspecified atom stereocenters. The lowest BCUT2D eigenvalue weighted by molar-refractivity contribution is 0.596. The van der Waals surface area contributed by atoms with Gasteiger partial charge in [-0.1, -0.05) is 12.1 Å². The van der Waals surface area contributed by atoms with Crippen LogP contribution in [0.5, 0.6) is 0 Å². The third-order valence-electron chi connectivity index (χ3n) is 1.69. The second-order valence-electron chi connectivity index (χ2n) is 2.91. The minimum atomic E-state index is -3.15. The van der Waals surface area contributed by atoms with Crippen LogP contribution in [0.15, 0.2) is 24.3 Å². The average Bonchev–Trinajstić information content (AvgIpc) is 2.08. The molecule has 0 amide bonds. The summed E-state index contributed by atoms with van der Waals surface area (Å²) in [5.41, 5.74) is 0.580. The van der Waals surface area contributed by atoms with Crippen molar-refractivity contribution in [1.29, 1.82) is 0 Å². The van der Waals surface area contributed by atoms with Crippen LogP contribution in [-0.4, -0.2) is 20.1 Å². The molecule has 0 saturated heterocycles. The SMILES string of the molecule is O=S(=O)(CCCl)Cc1ccc(F)cc1. The van der Waals surface area contributed by atoms with Crippen LogP contribution in [0.4, 0.5) is 4.39 Å². The van der Waals surface area contributed by atoms with Crippen LogP contribution >= 0.6 is 11.6 Å². The smallest absolute Gasteiger partial charge is 0.155 e. The molecule has 0 heterocycles. The van der Waals surface area contributed by atoms with Crippen LogP contribution in [0, 0.1) is 5.82 Å². The lowest BCUT2D eigenvalue weighted by Gasteiger charge is -2.01. The minimum Gasteiger partial charge on any atom is -0.228 e. The molecule has 2 nitrogen and oxygen atoms in total. The van der Waals surface area contributed by atoms with Crippen molar-refractivity contribution in [3.63, 3.8) is 0 Å². The van der Waals surface area contributed by atoms with Gasteiger partial charge in [0.05, 0.1) is 11.5 Å². The Morgan fingerprint density at radius 3 is 2.29 bits per heavy atom. The Hall–Kier alpha value is -0.610. The van der Waals surface area contributed by atoms with E-state index in [9.17, 15) is 12.8 Å². The van der Waals surface area contributed by atoms with Gasteiger partial charge in [0.1, 0.15) is 5.82 Å². The number of halogens is 2. The molecule has 0 atom stereocenters. The Morgan fingerprint density at radius 2 is 1.79 bits per heavy atom. The number of sulfone groups is 1. The van der Waals surface area contributed by atoms with Gasteiger partial charge in [-0.25, -0.2) is 12.8 Å². The maximum absolute atomic E-state index is 12.5. The number of hydrogen-bond donors (Lipinski definition) is 0. The molecule has 1 aromatic carbocycles. The Bertz CT molecular complexity index is 386. The first-order valence-electron chi connectivity index (χ1n) is 4.04. The first-order chi connectivity index (χ1) is 6.53. The fourth-order valence-electron chi connectivity index (χ4n) is 1.02. The Labute approximate surface area is 87.6 Å². The van der Waals surface area contributed by atoms with E-state index >= 15 is 0 Å².